The summed E-state index contributed by atoms with van der Waals surface area (Å²) in [5.74, 6) is 0.578. The van der Waals surface area contributed by atoms with Crippen molar-refractivity contribution in [1.29, 1.82) is 0 Å². The van der Waals surface area contributed by atoms with Crippen LogP contribution in [0.1, 0.15) is 12.8 Å². The largest absolute Gasteiger partial charge is 0.447 e. The van der Waals surface area contributed by atoms with Crippen LogP contribution in [0.4, 0.5) is 0 Å². The highest BCUT2D eigenvalue weighted by molar-refractivity contribution is 7.55. The average molecular weight is 409 g/mol. The van der Waals surface area contributed by atoms with Crippen LogP contribution >= 0.6 is 43.2 Å². The van der Waals surface area contributed by atoms with E-state index < -0.39 is 7.60 Å². The molecule has 2 aromatic rings. The van der Waals surface area contributed by atoms with Crippen LogP contribution in [0.5, 0.6) is 11.5 Å². The Labute approximate surface area is 157 Å². The molecular formula is C16H17Cl3NO3P. The fourth-order valence-electron chi connectivity index (χ4n) is 2.37. The van der Waals surface area contributed by atoms with Gasteiger partial charge in [-0.15, -0.1) is 12.4 Å². The Kier molecular flexibility index (Phi) is 6.85. The van der Waals surface area contributed by atoms with Crippen LogP contribution in [0.15, 0.2) is 48.5 Å². The van der Waals surface area contributed by atoms with Gasteiger partial charge in [-0.2, -0.15) is 0 Å². The fourth-order valence-corrected chi connectivity index (χ4v) is 4.59. The van der Waals surface area contributed by atoms with E-state index in [1.54, 1.807) is 48.5 Å². The van der Waals surface area contributed by atoms with Crippen LogP contribution in [0, 0.1) is 0 Å². The van der Waals surface area contributed by atoms with Crippen molar-refractivity contribution in [1.82, 2.24) is 5.32 Å². The summed E-state index contributed by atoms with van der Waals surface area (Å²) in [4.78, 5) is 0. The van der Waals surface area contributed by atoms with Gasteiger partial charge in [0.1, 0.15) is 17.3 Å². The summed E-state index contributed by atoms with van der Waals surface area (Å²) >= 11 is 11.7. The van der Waals surface area contributed by atoms with Crippen molar-refractivity contribution in [3.8, 4) is 11.5 Å². The minimum Gasteiger partial charge on any atom is -0.415 e. The van der Waals surface area contributed by atoms with E-state index in [0.29, 0.717) is 21.5 Å². The number of benzene rings is 2. The van der Waals surface area contributed by atoms with Gasteiger partial charge < -0.3 is 14.4 Å². The van der Waals surface area contributed by atoms with E-state index in [9.17, 15) is 4.57 Å². The summed E-state index contributed by atoms with van der Waals surface area (Å²) in [6, 6.07) is 13.4. The van der Waals surface area contributed by atoms with E-state index in [2.05, 4.69) is 5.32 Å². The topological polar surface area (TPSA) is 47.6 Å². The predicted octanol–water partition coefficient (Wildman–Crippen LogP) is 5.78. The molecule has 24 heavy (non-hydrogen) atoms. The van der Waals surface area contributed by atoms with Gasteiger partial charge in [0.15, 0.2) is 0 Å². The second kappa shape index (κ2) is 8.46. The molecular weight excluding hydrogens is 392 g/mol. The highest BCUT2D eigenvalue weighted by atomic mass is 35.5. The molecule has 0 spiro atoms. The number of hydrogen-bond donors (Lipinski definition) is 1. The van der Waals surface area contributed by atoms with Gasteiger partial charge in [-0.05, 0) is 67.9 Å². The maximum atomic E-state index is 13.4. The molecule has 0 radical (unpaired) electrons. The summed E-state index contributed by atoms with van der Waals surface area (Å²) in [7, 11) is -3.44. The summed E-state index contributed by atoms with van der Waals surface area (Å²) in [5.41, 5.74) is 0. The second-order valence-corrected chi connectivity index (χ2v) is 8.18. The molecule has 0 bridgehead atoms. The smallest absolute Gasteiger partial charge is 0.415 e. The molecule has 1 N–H and O–H groups in total. The first kappa shape index (κ1) is 19.4. The molecule has 130 valence electrons. The predicted molar refractivity (Wildman–Crippen MR) is 100 cm³/mol. The van der Waals surface area contributed by atoms with Crippen molar-refractivity contribution in [2.45, 2.75) is 18.6 Å². The van der Waals surface area contributed by atoms with Crippen LogP contribution in [0.25, 0.3) is 0 Å². The Morgan fingerprint density at radius 1 is 0.917 bits per heavy atom. The molecule has 1 saturated heterocycles. The van der Waals surface area contributed by atoms with Gasteiger partial charge in [0, 0.05) is 10.0 Å². The van der Waals surface area contributed by atoms with E-state index in [1.165, 1.54) is 0 Å². The Morgan fingerprint density at radius 3 is 1.75 bits per heavy atom. The molecule has 1 unspecified atom stereocenters. The van der Waals surface area contributed by atoms with Crippen molar-refractivity contribution >= 4 is 43.2 Å². The van der Waals surface area contributed by atoms with E-state index in [4.69, 9.17) is 32.2 Å². The molecule has 8 heteroatoms. The van der Waals surface area contributed by atoms with E-state index >= 15 is 0 Å². The van der Waals surface area contributed by atoms with Crippen molar-refractivity contribution in [3.05, 3.63) is 58.6 Å². The Bertz CT molecular complexity index is 652. The monoisotopic (exact) mass is 407 g/mol. The van der Waals surface area contributed by atoms with Gasteiger partial charge in [-0.3, -0.25) is 0 Å². The fraction of sp³-hybridized carbons (Fsp3) is 0.250. The molecule has 4 nitrogen and oxygen atoms in total. The Morgan fingerprint density at radius 2 is 1.38 bits per heavy atom. The lowest BCUT2D eigenvalue weighted by atomic mass is 10.3. The number of halogens is 3. The third-order valence-corrected chi connectivity index (χ3v) is 6.15. The highest BCUT2D eigenvalue weighted by Crippen LogP contribution is 2.54. The summed E-state index contributed by atoms with van der Waals surface area (Å²) in [5, 5.41) is 4.37. The van der Waals surface area contributed by atoms with Crippen LogP contribution in [0.3, 0.4) is 0 Å². The zero-order valence-electron chi connectivity index (χ0n) is 12.7. The van der Waals surface area contributed by atoms with Crippen LogP contribution in [-0.2, 0) is 4.57 Å². The van der Waals surface area contributed by atoms with Crippen molar-refractivity contribution < 1.29 is 13.6 Å². The third-order valence-electron chi connectivity index (χ3n) is 3.51. The van der Waals surface area contributed by atoms with Crippen LogP contribution < -0.4 is 14.4 Å². The maximum absolute atomic E-state index is 13.4. The first-order valence-electron chi connectivity index (χ1n) is 7.29. The van der Waals surface area contributed by atoms with Crippen molar-refractivity contribution in [3.63, 3.8) is 0 Å². The van der Waals surface area contributed by atoms with Gasteiger partial charge in [0.25, 0.3) is 0 Å². The standard InChI is InChI=1S/C16H16Cl2NO3P.ClH/c17-12-3-7-14(8-4-12)21-23(20,16-2-1-11-19-16)22-15-9-5-13(18)6-10-15;/h3-10,16,19H,1-2,11H2;1H. The first-order valence-corrected chi connectivity index (χ1v) is 9.65. The molecule has 1 heterocycles. The summed E-state index contributed by atoms with van der Waals surface area (Å²) in [6.45, 7) is 0.794. The first-order chi connectivity index (χ1) is 11.0. The number of hydrogen-bond acceptors (Lipinski definition) is 4. The van der Waals surface area contributed by atoms with E-state index in [0.717, 1.165) is 19.4 Å². The lowest BCUT2D eigenvalue weighted by molar-refractivity contribution is 0.366. The third kappa shape index (κ3) is 4.81. The molecule has 0 amide bonds. The van der Waals surface area contributed by atoms with Gasteiger partial charge in [-0.1, -0.05) is 23.2 Å². The maximum Gasteiger partial charge on any atom is 0.447 e. The van der Waals surface area contributed by atoms with E-state index in [-0.39, 0.29) is 18.2 Å². The average Bonchev–Trinajstić information content (AvgIpc) is 3.07. The minimum atomic E-state index is -3.44. The van der Waals surface area contributed by atoms with Gasteiger partial charge in [-0.25, -0.2) is 4.57 Å². The quantitative estimate of drug-likeness (QED) is 0.638. The van der Waals surface area contributed by atoms with Crippen LogP contribution in [-0.4, -0.2) is 12.3 Å². The molecule has 0 aliphatic carbocycles. The summed E-state index contributed by atoms with van der Waals surface area (Å²) in [6.07, 6.45) is 1.67. The van der Waals surface area contributed by atoms with Crippen molar-refractivity contribution in [2.75, 3.05) is 6.54 Å². The van der Waals surface area contributed by atoms with Gasteiger partial charge in [0.2, 0.25) is 0 Å². The molecule has 1 fully saturated rings. The second-order valence-electron chi connectivity index (χ2n) is 5.24. The van der Waals surface area contributed by atoms with Gasteiger partial charge >= 0.3 is 7.60 Å². The molecule has 1 aliphatic heterocycles. The molecule has 0 aromatic heterocycles. The lowest BCUT2D eigenvalue weighted by Gasteiger charge is -2.25. The molecule has 0 saturated carbocycles. The minimum absolute atomic E-state index is 0. The Balaban J connectivity index is 0.00000208. The zero-order valence-corrected chi connectivity index (χ0v) is 15.9. The Hall–Kier alpha value is -0.900. The number of rotatable bonds is 5. The number of nitrogens with one attached hydrogen (secondary N) is 1. The van der Waals surface area contributed by atoms with E-state index in [1.807, 2.05) is 0 Å². The van der Waals surface area contributed by atoms with Crippen LogP contribution in [0.2, 0.25) is 10.0 Å². The highest BCUT2D eigenvalue weighted by Gasteiger charge is 2.41. The van der Waals surface area contributed by atoms with Gasteiger partial charge in [0.05, 0.1) is 0 Å². The lowest BCUT2D eigenvalue weighted by Crippen LogP contribution is -2.26. The normalized spacial score (nSPS) is 17.2. The van der Waals surface area contributed by atoms with Crippen molar-refractivity contribution in [2.24, 2.45) is 0 Å². The molecule has 3 rings (SSSR count). The molecule has 1 aliphatic rings. The SMILES string of the molecule is Cl.O=P(Oc1ccc(Cl)cc1)(Oc1ccc(Cl)cc1)C1CCCN1. The molecule has 1 atom stereocenters. The summed E-state index contributed by atoms with van der Waals surface area (Å²) < 4.78 is 24.9. The molecule has 2 aromatic carbocycles. The zero-order chi connectivity index (χ0) is 16.3.